The largest absolute Gasteiger partial charge is 0.457 e. The Hall–Kier alpha value is -2.81. The van der Waals surface area contributed by atoms with Gasteiger partial charge in [-0.1, -0.05) is 49.8 Å². The van der Waals surface area contributed by atoms with Gasteiger partial charge in [0.1, 0.15) is 18.0 Å². The van der Waals surface area contributed by atoms with Crippen LogP contribution in [0.15, 0.2) is 42.0 Å². The van der Waals surface area contributed by atoms with Crippen LogP contribution in [0.3, 0.4) is 0 Å². The lowest BCUT2D eigenvalue weighted by Gasteiger charge is -2.56. The maximum Gasteiger partial charge on any atom is 0.373 e. The van der Waals surface area contributed by atoms with Crippen LogP contribution in [-0.2, 0) is 35.1 Å². The van der Waals surface area contributed by atoms with Crippen molar-refractivity contribution in [1.29, 1.82) is 0 Å². The van der Waals surface area contributed by atoms with E-state index in [1.807, 2.05) is 58.0 Å². The molecule has 3 saturated heterocycles. The molecule has 1 aromatic rings. The van der Waals surface area contributed by atoms with Gasteiger partial charge in [-0.15, -0.1) is 11.8 Å². The van der Waals surface area contributed by atoms with Gasteiger partial charge in [-0.25, -0.2) is 4.79 Å². The number of thioether (sulfide) groups is 1. The summed E-state index contributed by atoms with van der Waals surface area (Å²) in [4.78, 5) is 51.9. The van der Waals surface area contributed by atoms with Crippen LogP contribution in [0.25, 0.3) is 0 Å². The van der Waals surface area contributed by atoms with Crippen molar-refractivity contribution in [2.45, 2.75) is 57.7 Å². The van der Waals surface area contributed by atoms with E-state index < -0.39 is 40.9 Å². The maximum absolute atomic E-state index is 13.0. The van der Waals surface area contributed by atoms with Crippen LogP contribution >= 0.6 is 11.8 Å². The molecule has 0 aromatic heterocycles. The topological polar surface area (TPSA) is 102 Å². The molecule has 178 valence electrons. The fraction of sp³-hybridized carbons (Fsp3) is 0.500. The Bertz CT molecular complexity index is 946. The predicted molar refractivity (Wildman–Crippen MR) is 124 cm³/mol. The second kappa shape index (κ2) is 10.4. The summed E-state index contributed by atoms with van der Waals surface area (Å²) >= 11 is 1.43. The number of benzene rings is 1. The minimum atomic E-state index is -1.75. The summed E-state index contributed by atoms with van der Waals surface area (Å²) < 4.78 is 10.8. The van der Waals surface area contributed by atoms with Crippen molar-refractivity contribution in [3.8, 4) is 0 Å². The average molecular weight is 475 g/mol. The second-order valence-electron chi connectivity index (χ2n) is 8.09. The highest BCUT2D eigenvalue weighted by Crippen LogP contribution is 2.51. The zero-order valence-corrected chi connectivity index (χ0v) is 20.1. The molecule has 0 spiro atoms. The van der Waals surface area contributed by atoms with E-state index in [-0.39, 0.29) is 25.4 Å². The quantitative estimate of drug-likeness (QED) is 0.384. The Morgan fingerprint density at radius 2 is 1.94 bits per heavy atom. The summed E-state index contributed by atoms with van der Waals surface area (Å²) in [6.07, 6.45) is 1.93. The SMILES string of the molecule is CC.CC(C)=CCOC(=O)[C@]12OC(=O)C[C@H]1CSC1C(NC(=O)Cc3ccccc3)C(=O)N12. The number of ether oxygens (including phenoxy) is 2. The molecular formula is C24H30N2O6S. The van der Waals surface area contributed by atoms with Crippen LogP contribution in [-0.4, -0.2) is 58.2 Å². The number of nitrogens with one attached hydrogen (secondary N) is 1. The first-order valence-electron chi connectivity index (χ1n) is 11.1. The summed E-state index contributed by atoms with van der Waals surface area (Å²) in [5, 5.41) is 2.27. The Morgan fingerprint density at radius 1 is 1.24 bits per heavy atom. The van der Waals surface area contributed by atoms with Gasteiger partial charge >= 0.3 is 11.9 Å². The molecule has 0 aliphatic carbocycles. The minimum absolute atomic E-state index is 0.0320. The molecule has 9 heteroatoms. The molecule has 3 aliphatic heterocycles. The Morgan fingerprint density at radius 3 is 2.61 bits per heavy atom. The maximum atomic E-state index is 13.0. The number of hydrogen-bond acceptors (Lipinski definition) is 7. The van der Waals surface area contributed by atoms with Gasteiger partial charge in [-0.2, -0.15) is 0 Å². The Labute approximate surface area is 198 Å². The van der Waals surface area contributed by atoms with Crippen molar-refractivity contribution in [2.24, 2.45) is 5.92 Å². The first kappa shape index (κ1) is 24.8. The van der Waals surface area contributed by atoms with Crippen LogP contribution in [0.5, 0.6) is 0 Å². The lowest BCUT2D eigenvalue weighted by molar-refractivity contribution is -0.218. The molecule has 1 N–H and O–H groups in total. The minimum Gasteiger partial charge on any atom is -0.457 e. The van der Waals surface area contributed by atoms with Crippen LogP contribution < -0.4 is 5.32 Å². The molecule has 4 rings (SSSR count). The van der Waals surface area contributed by atoms with E-state index in [2.05, 4.69) is 5.32 Å². The van der Waals surface area contributed by atoms with E-state index in [4.69, 9.17) is 9.47 Å². The number of carbonyl (C=O) groups is 4. The van der Waals surface area contributed by atoms with Gasteiger partial charge in [0.2, 0.25) is 5.91 Å². The van der Waals surface area contributed by atoms with Gasteiger partial charge in [0.15, 0.2) is 0 Å². The van der Waals surface area contributed by atoms with Crippen molar-refractivity contribution in [3.63, 3.8) is 0 Å². The zero-order valence-electron chi connectivity index (χ0n) is 19.3. The molecule has 33 heavy (non-hydrogen) atoms. The number of esters is 2. The molecule has 3 aliphatic rings. The fourth-order valence-corrected chi connectivity index (χ4v) is 5.65. The van der Waals surface area contributed by atoms with E-state index in [9.17, 15) is 19.2 Å². The molecule has 2 amide bonds. The van der Waals surface area contributed by atoms with Crippen LogP contribution in [0.4, 0.5) is 0 Å². The fourth-order valence-electron chi connectivity index (χ4n) is 4.09. The molecule has 8 nitrogen and oxygen atoms in total. The van der Waals surface area contributed by atoms with E-state index >= 15 is 0 Å². The van der Waals surface area contributed by atoms with E-state index in [1.54, 1.807) is 6.08 Å². The summed E-state index contributed by atoms with van der Waals surface area (Å²) in [7, 11) is 0. The van der Waals surface area contributed by atoms with Crippen molar-refractivity contribution in [2.75, 3.05) is 12.4 Å². The predicted octanol–water partition coefficient (Wildman–Crippen LogP) is 2.42. The first-order valence-corrected chi connectivity index (χ1v) is 12.2. The van der Waals surface area contributed by atoms with Gasteiger partial charge in [0, 0.05) is 11.7 Å². The summed E-state index contributed by atoms with van der Waals surface area (Å²) in [6.45, 7) is 7.78. The van der Waals surface area contributed by atoms with E-state index in [0.29, 0.717) is 5.75 Å². The van der Waals surface area contributed by atoms with Crippen LogP contribution in [0, 0.1) is 5.92 Å². The van der Waals surface area contributed by atoms with Gasteiger partial charge in [-0.3, -0.25) is 19.3 Å². The molecule has 0 radical (unpaired) electrons. The van der Waals surface area contributed by atoms with Gasteiger partial charge in [0.25, 0.3) is 11.6 Å². The molecule has 3 fully saturated rings. The average Bonchev–Trinajstić information content (AvgIpc) is 3.14. The Kier molecular flexibility index (Phi) is 7.84. The van der Waals surface area contributed by atoms with E-state index in [0.717, 1.165) is 11.1 Å². The van der Waals surface area contributed by atoms with Crippen LogP contribution in [0.1, 0.15) is 39.7 Å². The monoisotopic (exact) mass is 474 g/mol. The molecule has 4 atom stereocenters. The normalized spacial score (nSPS) is 27.0. The summed E-state index contributed by atoms with van der Waals surface area (Å²) in [5.74, 6) is -2.04. The number of rotatable bonds is 6. The highest BCUT2D eigenvalue weighted by Gasteiger charge is 2.71. The van der Waals surface area contributed by atoms with Crippen molar-refractivity contribution in [1.82, 2.24) is 10.2 Å². The lowest BCUT2D eigenvalue weighted by Crippen LogP contribution is -2.80. The number of carbonyl (C=O) groups excluding carboxylic acids is 4. The third-order valence-electron chi connectivity index (χ3n) is 5.63. The number of β-lactam (4-membered cyclic amide) rings is 1. The molecule has 1 aromatic carbocycles. The molecule has 0 saturated carbocycles. The number of hydrogen-bond donors (Lipinski definition) is 1. The number of fused-ring (bicyclic) bond motifs is 3. The second-order valence-corrected chi connectivity index (χ2v) is 9.24. The van der Waals surface area contributed by atoms with Crippen molar-refractivity contribution < 1.29 is 28.7 Å². The van der Waals surface area contributed by atoms with E-state index in [1.165, 1.54) is 16.7 Å². The Balaban J connectivity index is 0.00000149. The number of amides is 2. The highest BCUT2D eigenvalue weighted by molar-refractivity contribution is 8.00. The third kappa shape index (κ3) is 4.78. The number of nitrogens with zero attached hydrogens (tertiary/aromatic N) is 1. The molecular weight excluding hydrogens is 444 g/mol. The van der Waals surface area contributed by atoms with Gasteiger partial charge < -0.3 is 14.8 Å². The standard InChI is InChI=1S/C22H24N2O6S.C2H6/c1-13(2)8-9-29-21(28)22-15(11-17(26)30-22)12-31-20-18(19(27)24(20)22)23-16(25)10-14-6-4-3-5-7-14;1-2/h3-8,15,18,20H,9-12H2,1-2H3,(H,23,25);1-2H3/t15-,18?,20?,22+;/m0./s1. The zero-order chi connectivity index (χ0) is 24.2. The summed E-state index contributed by atoms with van der Waals surface area (Å²) in [5.41, 5.74) is 0.0628. The van der Waals surface area contributed by atoms with Crippen molar-refractivity contribution >= 4 is 35.5 Å². The van der Waals surface area contributed by atoms with Gasteiger partial charge in [-0.05, 0) is 25.5 Å². The lowest BCUT2D eigenvalue weighted by atomic mass is 9.89. The summed E-state index contributed by atoms with van der Waals surface area (Å²) in [6, 6.07) is 8.45. The smallest absolute Gasteiger partial charge is 0.373 e. The van der Waals surface area contributed by atoms with Gasteiger partial charge in [0.05, 0.1) is 12.8 Å². The first-order chi connectivity index (χ1) is 15.8. The molecule has 0 bridgehead atoms. The molecule has 3 heterocycles. The number of allylic oxidation sites excluding steroid dienone is 1. The molecule has 2 unspecified atom stereocenters. The van der Waals surface area contributed by atoms with Crippen LogP contribution in [0.2, 0.25) is 0 Å². The third-order valence-corrected chi connectivity index (χ3v) is 7.05. The highest BCUT2D eigenvalue weighted by atomic mass is 32.2. The van der Waals surface area contributed by atoms with Crippen molar-refractivity contribution in [3.05, 3.63) is 47.5 Å².